The molecule has 0 unspecified atom stereocenters. The summed E-state index contributed by atoms with van der Waals surface area (Å²) in [6.45, 7) is 3.82. The standard InChI is InChI=1S/C25H27N3O5S/c1-3-33-22-13-11-20(12-14-22)28-34(31,32)23-16-21(10-9-18(23)2)27-25(30)17-26-24(29)15-19-7-5-4-6-8-19/h4-14,16,28H,3,15,17H2,1-2H3,(H,26,29)(H,27,30). The molecule has 0 fully saturated rings. The van der Waals surface area contributed by atoms with Gasteiger partial charge in [-0.1, -0.05) is 36.4 Å². The predicted molar refractivity (Wildman–Crippen MR) is 131 cm³/mol. The summed E-state index contributed by atoms with van der Waals surface area (Å²) in [5.74, 6) is -0.108. The van der Waals surface area contributed by atoms with Gasteiger partial charge in [0.1, 0.15) is 5.75 Å². The lowest BCUT2D eigenvalue weighted by Gasteiger charge is -2.13. The van der Waals surface area contributed by atoms with Crippen LogP contribution in [0.3, 0.4) is 0 Å². The summed E-state index contributed by atoms with van der Waals surface area (Å²) >= 11 is 0. The number of amides is 2. The lowest BCUT2D eigenvalue weighted by atomic mass is 10.1. The molecule has 0 bridgehead atoms. The Labute approximate surface area is 199 Å². The molecule has 0 atom stereocenters. The van der Waals surface area contributed by atoms with Crippen LogP contribution in [-0.4, -0.2) is 33.4 Å². The van der Waals surface area contributed by atoms with Crippen LogP contribution in [0.25, 0.3) is 0 Å². The second kappa shape index (κ2) is 11.3. The summed E-state index contributed by atoms with van der Waals surface area (Å²) in [6, 6.07) is 20.4. The van der Waals surface area contributed by atoms with Gasteiger partial charge in [0.05, 0.1) is 24.5 Å². The highest BCUT2D eigenvalue weighted by Crippen LogP contribution is 2.24. The topological polar surface area (TPSA) is 114 Å². The SMILES string of the molecule is CCOc1ccc(NS(=O)(=O)c2cc(NC(=O)CNC(=O)Cc3ccccc3)ccc2C)cc1. The fourth-order valence-electron chi connectivity index (χ4n) is 3.19. The number of benzene rings is 3. The monoisotopic (exact) mass is 481 g/mol. The van der Waals surface area contributed by atoms with Gasteiger partial charge in [0.15, 0.2) is 0 Å². The zero-order chi connectivity index (χ0) is 24.6. The van der Waals surface area contributed by atoms with E-state index in [2.05, 4.69) is 15.4 Å². The van der Waals surface area contributed by atoms with E-state index in [9.17, 15) is 18.0 Å². The minimum atomic E-state index is -3.90. The first-order chi connectivity index (χ1) is 16.3. The molecule has 0 aromatic heterocycles. The number of anilines is 2. The van der Waals surface area contributed by atoms with Crippen LogP contribution >= 0.6 is 0 Å². The summed E-state index contributed by atoms with van der Waals surface area (Å²) in [7, 11) is -3.90. The Bertz CT molecular complexity index is 1240. The van der Waals surface area contributed by atoms with Gasteiger partial charge in [-0.25, -0.2) is 8.42 Å². The Morgan fingerprint density at radius 3 is 2.24 bits per heavy atom. The van der Waals surface area contributed by atoms with Crippen molar-refractivity contribution in [3.63, 3.8) is 0 Å². The van der Waals surface area contributed by atoms with E-state index < -0.39 is 15.9 Å². The highest BCUT2D eigenvalue weighted by atomic mass is 32.2. The highest BCUT2D eigenvalue weighted by molar-refractivity contribution is 7.92. The van der Waals surface area contributed by atoms with E-state index in [-0.39, 0.29) is 23.8 Å². The third-order valence-electron chi connectivity index (χ3n) is 4.83. The third-order valence-corrected chi connectivity index (χ3v) is 6.36. The van der Waals surface area contributed by atoms with Gasteiger partial charge in [0.25, 0.3) is 10.0 Å². The molecule has 3 aromatic rings. The first-order valence-electron chi connectivity index (χ1n) is 10.7. The Balaban J connectivity index is 1.62. The number of hydrogen-bond acceptors (Lipinski definition) is 5. The van der Waals surface area contributed by atoms with Crippen molar-refractivity contribution in [2.45, 2.75) is 25.2 Å². The lowest BCUT2D eigenvalue weighted by molar-refractivity contribution is -0.123. The summed E-state index contributed by atoms with van der Waals surface area (Å²) in [5, 5.41) is 5.19. The largest absolute Gasteiger partial charge is 0.494 e. The van der Waals surface area contributed by atoms with Crippen LogP contribution in [0.1, 0.15) is 18.1 Å². The molecule has 0 radical (unpaired) electrons. The van der Waals surface area contributed by atoms with Crippen molar-refractivity contribution < 1.29 is 22.7 Å². The van der Waals surface area contributed by atoms with Gasteiger partial charge < -0.3 is 15.4 Å². The molecule has 3 rings (SSSR count). The molecule has 9 heteroatoms. The molecule has 0 heterocycles. The zero-order valence-corrected chi connectivity index (χ0v) is 19.8. The van der Waals surface area contributed by atoms with Crippen LogP contribution in [0.2, 0.25) is 0 Å². The molecule has 8 nitrogen and oxygen atoms in total. The normalized spacial score (nSPS) is 10.9. The number of carbonyl (C=O) groups is 2. The lowest BCUT2D eigenvalue weighted by Crippen LogP contribution is -2.33. The van der Waals surface area contributed by atoms with Crippen molar-refractivity contribution in [2.75, 3.05) is 23.2 Å². The Morgan fingerprint density at radius 1 is 0.882 bits per heavy atom. The maximum absolute atomic E-state index is 12.9. The van der Waals surface area contributed by atoms with Gasteiger partial charge >= 0.3 is 0 Å². The average Bonchev–Trinajstić information content (AvgIpc) is 2.81. The maximum atomic E-state index is 12.9. The van der Waals surface area contributed by atoms with E-state index in [0.717, 1.165) is 5.56 Å². The molecule has 34 heavy (non-hydrogen) atoms. The zero-order valence-electron chi connectivity index (χ0n) is 19.0. The van der Waals surface area contributed by atoms with Gasteiger partial charge in [0.2, 0.25) is 11.8 Å². The first kappa shape index (κ1) is 24.8. The summed E-state index contributed by atoms with van der Waals surface area (Å²) in [6.07, 6.45) is 0.165. The van der Waals surface area contributed by atoms with Gasteiger partial charge in [-0.2, -0.15) is 0 Å². The van der Waals surface area contributed by atoms with Crippen molar-refractivity contribution in [3.05, 3.63) is 83.9 Å². The molecule has 0 aliphatic heterocycles. The minimum Gasteiger partial charge on any atom is -0.494 e. The number of rotatable bonds is 10. The van der Waals surface area contributed by atoms with Crippen molar-refractivity contribution in [3.8, 4) is 5.75 Å². The van der Waals surface area contributed by atoms with Crippen molar-refractivity contribution in [1.82, 2.24) is 5.32 Å². The van der Waals surface area contributed by atoms with E-state index >= 15 is 0 Å². The second-order valence-corrected chi connectivity index (χ2v) is 9.18. The van der Waals surface area contributed by atoms with Crippen molar-refractivity contribution in [1.29, 1.82) is 0 Å². The molecular formula is C25H27N3O5S. The number of hydrogen-bond donors (Lipinski definition) is 3. The van der Waals surface area contributed by atoms with Crippen molar-refractivity contribution >= 4 is 33.2 Å². The Kier molecular flexibility index (Phi) is 8.26. The van der Waals surface area contributed by atoms with Gasteiger partial charge in [-0.3, -0.25) is 14.3 Å². The quantitative estimate of drug-likeness (QED) is 0.410. The summed E-state index contributed by atoms with van der Waals surface area (Å²) in [5.41, 5.74) is 2.06. The molecule has 3 N–H and O–H groups in total. The summed E-state index contributed by atoms with van der Waals surface area (Å²) in [4.78, 5) is 24.4. The third kappa shape index (κ3) is 7.08. The number of carbonyl (C=O) groups excluding carboxylic acids is 2. The van der Waals surface area contributed by atoms with Crippen LogP contribution < -0.4 is 20.1 Å². The maximum Gasteiger partial charge on any atom is 0.262 e. The average molecular weight is 482 g/mol. The van der Waals surface area contributed by atoms with E-state index in [0.29, 0.717) is 29.3 Å². The fraction of sp³-hybridized carbons (Fsp3) is 0.200. The molecule has 0 spiro atoms. The van der Waals surface area contributed by atoms with Gasteiger partial charge in [0, 0.05) is 11.4 Å². The highest BCUT2D eigenvalue weighted by Gasteiger charge is 2.18. The molecule has 3 aromatic carbocycles. The van der Waals surface area contributed by atoms with Gasteiger partial charge in [-0.15, -0.1) is 0 Å². The van der Waals surface area contributed by atoms with E-state index in [1.165, 1.54) is 6.07 Å². The van der Waals surface area contributed by atoms with Crippen molar-refractivity contribution in [2.24, 2.45) is 0 Å². The molecule has 178 valence electrons. The molecule has 0 aliphatic carbocycles. The second-order valence-electron chi connectivity index (χ2n) is 7.53. The molecular weight excluding hydrogens is 454 g/mol. The number of nitrogens with one attached hydrogen (secondary N) is 3. The van der Waals surface area contributed by atoms with Gasteiger partial charge in [-0.05, 0) is 61.4 Å². The Morgan fingerprint density at radius 2 is 1.56 bits per heavy atom. The van der Waals surface area contributed by atoms with Crippen LogP contribution in [0.4, 0.5) is 11.4 Å². The van der Waals surface area contributed by atoms with Crippen LogP contribution in [0.15, 0.2) is 77.7 Å². The minimum absolute atomic E-state index is 0.0345. The van der Waals surface area contributed by atoms with Crippen LogP contribution in [0, 0.1) is 6.92 Å². The molecule has 0 saturated heterocycles. The van der Waals surface area contributed by atoms with Crippen LogP contribution in [-0.2, 0) is 26.0 Å². The number of sulfonamides is 1. The van der Waals surface area contributed by atoms with E-state index in [1.807, 2.05) is 37.3 Å². The smallest absolute Gasteiger partial charge is 0.262 e. The first-order valence-corrected chi connectivity index (χ1v) is 12.2. The van der Waals surface area contributed by atoms with Crippen LogP contribution in [0.5, 0.6) is 5.75 Å². The molecule has 2 amide bonds. The summed E-state index contributed by atoms with van der Waals surface area (Å²) < 4.78 is 33.8. The van der Waals surface area contributed by atoms with E-state index in [4.69, 9.17) is 4.74 Å². The fourth-order valence-corrected chi connectivity index (χ4v) is 4.52. The number of aryl methyl sites for hydroxylation is 1. The Hall–Kier alpha value is -3.85. The predicted octanol–water partition coefficient (Wildman–Crippen LogP) is 3.49. The van der Waals surface area contributed by atoms with E-state index in [1.54, 1.807) is 43.3 Å². The molecule has 0 saturated carbocycles. The number of ether oxygens (including phenoxy) is 1. The molecule has 0 aliphatic rings.